The van der Waals surface area contributed by atoms with Gasteiger partial charge in [0.25, 0.3) is 0 Å². The second-order valence-electron chi connectivity index (χ2n) is 5.98. The molecule has 1 nitrogen and oxygen atoms in total. The first-order valence-corrected chi connectivity index (χ1v) is 7.67. The molecule has 22 heavy (non-hydrogen) atoms. The Kier molecular flexibility index (Phi) is 3.81. The van der Waals surface area contributed by atoms with Crippen molar-refractivity contribution in [1.29, 1.82) is 0 Å². The molecule has 0 radical (unpaired) electrons. The van der Waals surface area contributed by atoms with E-state index in [-0.39, 0.29) is 0 Å². The fraction of sp³-hybridized carbons (Fsp3) is 0.190. The fourth-order valence-electron chi connectivity index (χ4n) is 3.22. The number of aryl methyl sites for hydroxylation is 4. The van der Waals surface area contributed by atoms with Crippen molar-refractivity contribution in [2.75, 3.05) is 0 Å². The number of nitrogens with zero attached hydrogens (tertiary/aromatic N) is 1. The SMILES string of the molecule is Cc1cc(C)c(-c2ccccc2-c2cccc(C)n2)c(C)c1. The summed E-state index contributed by atoms with van der Waals surface area (Å²) < 4.78 is 0. The molecule has 0 amide bonds. The van der Waals surface area contributed by atoms with Gasteiger partial charge in [0.05, 0.1) is 5.69 Å². The summed E-state index contributed by atoms with van der Waals surface area (Å²) in [5.41, 5.74) is 9.81. The Morgan fingerprint density at radius 2 is 1.32 bits per heavy atom. The average Bonchev–Trinajstić information content (AvgIpc) is 2.47. The number of benzene rings is 2. The Balaban J connectivity index is 2.26. The zero-order chi connectivity index (χ0) is 15.7. The summed E-state index contributed by atoms with van der Waals surface area (Å²) in [5.74, 6) is 0. The molecule has 0 spiro atoms. The van der Waals surface area contributed by atoms with Crippen molar-refractivity contribution in [2.24, 2.45) is 0 Å². The molecule has 3 rings (SSSR count). The Labute approximate surface area is 132 Å². The zero-order valence-corrected chi connectivity index (χ0v) is 13.6. The summed E-state index contributed by atoms with van der Waals surface area (Å²) in [7, 11) is 0. The zero-order valence-electron chi connectivity index (χ0n) is 13.6. The van der Waals surface area contributed by atoms with Gasteiger partial charge in [0.1, 0.15) is 0 Å². The molecule has 0 atom stereocenters. The fourth-order valence-corrected chi connectivity index (χ4v) is 3.22. The van der Waals surface area contributed by atoms with Crippen LogP contribution < -0.4 is 0 Å². The Morgan fingerprint density at radius 3 is 1.95 bits per heavy atom. The first-order valence-electron chi connectivity index (χ1n) is 7.67. The van der Waals surface area contributed by atoms with Gasteiger partial charge in [-0.2, -0.15) is 0 Å². The Hall–Kier alpha value is -2.41. The van der Waals surface area contributed by atoms with Crippen LogP contribution in [-0.2, 0) is 0 Å². The quantitative estimate of drug-likeness (QED) is 0.593. The van der Waals surface area contributed by atoms with Gasteiger partial charge in [-0.1, -0.05) is 48.0 Å². The maximum Gasteiger partial charge on any atom is 0.0711 e. The van der Waals surface area contributed by atoms with Gasteiger partial charge in [0.2, 0.25) is 0 Å². The van der Waals surface area contributed by atoms with Crippen molar-refractivity contribution in [2.45, 2.75) is 27.7 Å². The highest BCUT2D eigenvalue weighted by Crippen LogP contribution is 2.35. The molecule has 0 unspecified atom stereocenters. The predicted octanol–water partition coefficient (Wildman–Crippen LogP) is 5.65. The number of pyridine rings is 1. The summed E-state index contributed by atoms with van der Waals surface area (Å²) in [4.78, 5) is 4.71. The van der Waals surface area contributed by atoms with Crippen LogP contribution in [0.1, 0.15) is 22.4 Å². The molecule has 1 aromatic heterocycles. The van der Waals surface area contributed by atoms with Crippen LogP contribution in [0, 0.1) is 27.7 Å². The maximum absolute atomic E-state index is 4.71. The molecule has 0 aliphatic carbocycles. The molecule has 1 heteroatoms. The average molecular weight is 287 g/mol. The molecular weight excluding hydrogens is 266 g/mol. The van der Waals surface area contributed by atoms with Gasteiger partial charge in [-0.15, -0.1) is 0 Å². The number of aromatic nitrogens is 1. The molecule has 0 saturated heterocycles. The minimum atomic E-state index is 1.04. The van der Waals surface area contributed by atoms with Crippen LogP contribution in [0.2, 0.25) is 0 Å². The van der Waals surface area contributed by atoms with Crippen molar-refractivity contribution in [3.05, 3.63) is 77.0 Å². The summed E-state index contributed by atoms with van der Waals surface area (Å²) in [6.07, 6.45) is 0. The molecule has 0 saturated carbocycles. The highest BCUT2D eigenvalue weighted by Gasteiger charge is 2.12. The number of rotatable bonds is 2. The van der Waals surface area contributed by atoms with E-state index in [2.05, 4.69) is 69.3 Å². The molecule has 0 bridgehead atoms. The van der Waals surface area contributed by atoms with E-state index < -0.39 is 0 Å². The third-order valence-electron chi connectivity index (χ3n) is 4.04. The third-order valence-corrected chi connectivity index (χ3v) is 4.04. The van der Waals surface area contributed by atoms with E-state index in [4.69, 9.17) is 4.98 Å². The lowest BCUT2D eigenvalue weighted by Crippen LogP contribution is -1.94. The summed E-state index contributed by atoms with van der Waals surface area (Å²) in [5, 5.41) is 0. The van der Waals surface area contributed by atoms with Gasteiger partial charge >= 0.3 is 0 Å². The molecule has 2 aromatic carbocycles. The van der Waals surface area contributed by atoms with Crippen LogP contribution in [0.3, 0.4) is 0 Å². The molecular formula is C21H21N. The molecule has 3 aromatic rings. The van der Waals surface area contributed by atoms with Crippen LogP contribution >= 0.6 is 0 Å². The van der Waals surface area contributed by atoms with Gasteiger partial charge in [0.15, 0.2) is 0 Å². The van der Waals surface area contributed by atoms with Crippen molar-refractivity contribution < 1.29 is 0 Å². The predicted molar refractivity (Wildman–Crippen MR) is 94.1 cm³/mol. The van der Waals surface area contributed by atoms with E-state index in [0.717, 1.165) is 11.4 Å². The van der Waals surface area contributed by atoms with Gasteiger partial charge < -0.3 is 0 Å². The Bertz CT molecular complexity index is 808. The van der Waals surface area contributed by atoms with E-state index in [1.165, 1.54) is 33.4 Å². The highest BCUT2D eigenvalue weighted by atomic mass is 14.7. The van der Waals surface area contributed by atoms with Crippen molar-refractivity contribution in [1.82, 2.24) is 4.98 Å². The lowest BCUT2D eigenvalue weighted by Gasteiger charge is -2.15. The highest BCUT2D eigenvalue weighted by molar-refractivity contribution is 5.85. The summed E-state index contributed by atoms with van der Waals surface area (Å²) in [6.45, 7) is 8.57. The second-order valence-corrected chi connectivity index (χ2v) is 5.98. The van der Waals surface area contributed by atoms with E-state index in [9.17, 15) is 0 Å². The van der Waals surface area contributed by atoms with E-state index in [0.29, 0.717) is 0 Å². The van der Waals surface area contributed by atoms with Crippen LogP contribution in [0.5, 0.6) is 0 Å². The van der Waals surface area contributed by atoms with Gasteiger partial charge in [0, 0.05) is 11.3 Å². The molecule has 1 heterocycles. The van der Waals surface area contributed by atoms with Crippen molar-refractivity contribution >= 4 is 0 Å². The van der Waals surface area contributed by atoms with Gasteiger partial charge in [-0.25, -0.2) is 0 Å². The van der Waals surface area contributed by atoms with Gasteiger partial charge in [-0.05, 0) is 62.1 Å². The standard InChI is InChI=1S/C21H21N/c1-14-12-15(2)21(16(3)13-14)19-10-6-5-9-18(19)20-11-7-8-17(4)22-20/h5-13H,1-4H3. The van der Waals surface area contributed by atoms with Crippen LogP contribution in [0.15, 0.2) is 54.6 Å². The summed E-state index contributed by atoms with van der Waals surface area (Å²) >= 11 is 0. The molecule has 0 N–H and O–H groups in total. The topological polar surface area (TPSA) is 12.9 Å². The second kappa shape index (κ2) is 5.76. The number of hydrogen-bond donors (Lipinski definition) is 0. The van der Waals surface area contributed by atoms with Crippen LogP contribution in [0.4, 0.5) is 0 Å². The Morgan fingerprint density at radius 1 is 0.682 bits per heavy atom. The molecule has 110 valence electrons. The van der Waals surface area contributed by atoms with E-state index in [1.807, 2.05) is 13.0 Å². The molecule has 0 fully saturated rings. The third kappa shape index (κ3) is 2.67. The molecule has 0 aliphatic heterocycles. The van der Waals surface area contributed by atoms with Crippen molar-refractivity contribution in [3.8, 4) is 22.4 Å². The van der Waals surface area contributed by atoms with Crippen LogP contribution in [-0.4, -0.2) is 4.98 Å². The largest absolute Gasteiger partial charge is 0.253 e. The summed E-state index contributed by atoms with van der Waals surface area (Å²) in [6, 6.07) is 19.3. The normalized spacial score (nSPS) is 10.7. The molecule has 0 aliphatic rings. The minimum Gasteiger partial charge on any atom is -0.253 e. The first kappa shape index (κ1) is 14.5. The first-order chi connectivity index (χ1) is 10.6. The smallest absolute Gasteiger partial charge is 0.0711 e. The van der Waals surface area contributed by atoms with Crippen molar-refractivity contribution in [3.63, 3.8) is 0 Å². The minimum absolute atomic E-state index is 1.04. The number of hydrogen-bond acceptors (Lipinski definition) is 1. The lowest BCUT2D eigenvalue weighted by atomic mass is 9.90. The van der Waals surface area contributed by atoms with E-state index in [1.54, 1.807) is 0 Å². The van der Waals surface area contributed by atoms with E-state index >= 15 is 0 Å². The van der Waals surface area contributed by atoms with Gasteiger partial charge in [-0.3, -0.25) is 4.98 Å². The monoisotopic (exact) mass is 287 g/mol. The van der Waals surface area contributed by atoms with Crippen LogP contribution in [0.25, 0.3) is 22.4 Å². The maximum atomic E-state index is 4.71. The lowest BCUT2D eigenvalue weighted by molar-refractivity contribution is 1.20.